The highest BCUT2D eigenvalue weighted by molar-refractivity contribution is 5.42. The number of benzene rings is 1. The zero-order valence-electron chi connectivity index (χ0n) is 12.0. The van der Waals surface area contributed by atoms with Crippen molar-refractivity contribution >= 4 is 0 Å². The van der Waals surface area contributed by atoms with Crippen LogP contribution in [0.5, 0.6) is 0 Å². The van der Waals surface area contributed by atoms with Crippen molar-refractivity contribution in [2.24, 2.45) is 0 Å². The molecule has 24 heavy (non-hydrogen) atoms. The molecule has 0 saturated heterocycles. The lowest BCUT2D eigenvalue weighted by molar-refractivity contribution is -0.150. The van der Waals surface area contributed by atoms with Crippen LogP contribution in [0.2, 0.25) is 0 Å². The Hall–Kier alpha value is -1.49. The summed E-state index contributed by atoms with van der Waals surface area (Å²) in [5.41, 5.74) is -7.66. The van der Waals surface area contributed by atoms with Gasteiger partial charge < -0.3 is 10.2 Å². The lowest BCUT2D eigenvalue weighted by Crippen LogP contribution is -2.32. The highest BCUT2D eigenvalue weighted by atomic mass is 19.4. The first kappa shape index (κ1) is 20.6. The Kier molecular flexibility index (Phi) is 5.51. The lowest BCUT2D eigenvalue weighted by Gasteiger charge is -2.28. The molecule has 0 saturated carbocycles. The molecule has 138 valence electrons. The Balaban J connectivity index is 4.04. The van der Waals surface area contributed by atoms with E-state index >= 15 is 0 Å². The number of alkyl halides is 6. The van der Waals surface area contributed by atoms with Gasteiger partial charge in [-0.1, -0.05) is 0 Å². The number of aliphatic hydroxyl groups is 2. The molecule has 0 fully saturated rings. The van der Waals surface area contributed by atoms with E-state index in [-0.39, 0.29) is 0 Å². The minimum Gasteiger partial charge on any atom is -0.393 e. The molecule has 2 nitrogen and oxygen atoms in total. The normalized spacial score (nSPS) is 16.9. The molecule has 1 rings (SSSR count). The number of hydrogen-bond acceptors (Lipinski definition) is 2. The summed E-state index contributed by atoms with van der Waals surface area (Å²) in [6.07, 6.45) is -15.7. The summed E-state index contributed by atoms with van der Waals surface area (Å²) in [7, 11) is 0. The number of rotatable bonds is 3. The van der Waals surface area contributed by atoms with Crippen molar-refractivity contribution in [2.45, 2.75) is 44.3 Å². The van der Waals surface area contributed by atoms with Gasteiger partial charge in [0.25, 0.3) is 0 Å². The zero-order valence-corrected chi connectivity index (χ0v) is 12.0. The first-order chi connectivity index (χ1) is 10.6. The number of hydrogen-bond donors (Lipinski definition) is 2. The minimum absolute atomic E-state index is 0.782. The van der Waals surface area contributed by atoms with Gasteiger partial charge in [0.15, 0.2) is 17.5 Å². The Morgan fingerprint density at radius 3 is 1.33 bits per heavy atom. The van der Waals surface area contributed by atoms with E-state index < -0.39 is 64.6 Å². The number of aliphatic hydroxyl groups excluding tert-OH is 2. The van der Waals surface area contributed by atoms with Gasteiger partial charge in [0.1, 0.15) is 5.56 Å². The third kappa shape index (κ3) is 3.61. The summed E-state index contributed by atoms with van der Waals surface area (Å²) >= 11 is 0. The highest BCUT2D eigenvalue weighted by Gasteiger charge is 2.49. The Morgan fingerprint density at radius 1 is 0.667 bits per heavy atom. The van der Waals surface area contributed by atoms with Gasteiger partial charge in [-0.25, -0.2) is 13.2 Å². The monoisotopic (exact) mass is 370 g/mol. The predicted molar refractivity (Wildman–Crippen MR) is 62.4 cm³/mol. The molecule has 0 aliphatic rings. The van der Waals surface area contributed by atoms with Crippen molar-refractivity contribution in [2.75, 3.05) is 0 Å². The molecule has 0 aromatic heterocycles. The van der Waals surface area contributed by atoms with Gasteiger partial charge in [0.2, 0.25) is 0 Å². The van der Waals surface area contributed by atoms with Crippen LogP contribution >= 0.6 is 0 Å². The van der Waals surface area contributed by atoms with Crippen molar-refractivity contribution in [3.63, 3.8) is 0 Å². The summed E-state index contributed by atoms with van der Waals surface area (Å²) < 4.78 is 118. The molecule has 1 aromatic carbocycles. The van der Waals surface area contributed by atoms with E-state index in [9.17, 15) is 49.7 Å². The highest BCUT2D eigenvalue weighted by Crippen LogP contribution is 2.46. The quantitative estimate of drug-likeness (QED) is 0.624. The molecule has 0 spiro atoms. The third-order valence-corrected chi connectivity index (χ3v) is 3.30. The maximum absolute atomic E-state index is 14.0. The van der Waals surface area contributed by atoms with Crippen molar-refractivity contribution in [1.82, 2.24) is 0 Å². The molecule has 2 atom stereocenters. The summed E-state index contributed by atoms with van der Waals surface area (Å²) in [6.45, 7) is 1.56. The van der Waals surface area contributed by atoms with Crippen LogP contribution in [-0.4, -0.2) is 22.4 Å². The van der Waals surface area contributed by atoms with Gasteiger partial charge >= 0.3 is 12.4 Å². The van der Waals surface area contributed by atoms with Crippen LogP contribution in [0.15, 0.2) is 0 Å². The average molecular weight is 370 g/mol. The molecular formula is C13H11F9O2. The van der Waals surface area contributed by atoms with E-state index in [1.54, 1.807) is 0 Å². The second-order valence-electron chi connectivity index (χ2n) is 5.11. The molecule has 2 unspecified atom stereocenters. The van der Waals surface area contributed by atoms with Gasteiger partial charge in [0.05, 0.1) is 17.8 Å². The lowest BCUT2D eigenvalue weighted by atomic mass is 9.84. The molecule has 2 N–H and O–H groups in total. The van der Waals surface area contributed by atoms with E-state index in [1.807, 2.05) is 0 Å². The molecule has 0 radical (unpaired) electrons. The van der Waals surface area contributed by atoms with E-state index in [1.165, 1.54) is 0 Å². The largest absolute Gasteiger partial charge is 0.422 e. The van der Waals surface area contributed by atoms with Crippen molar-refractivity contribution < 1.29 is 49.7 Å². The summed E-state index contributed by atoms with van der Waals surface area (Å²) in [5, 5.41) is 18.8. The van der Waals surface area contributed by atoms with Crippen LogP contribution in [0.4, 0.5) is 39.5 Å². The van der Waals surface area contributed by atoms with Gasteiger partial charge in [0, 0.05) is 11.5 Å². The molecule has 0 aliphatic carbocycles. The molecule has 1 aromatic rings. The SMILES string of the molecule is CC(O)C(c1c(F)c(F)c(C(F)(F)F)c(F)c1C(F)(F)F)C(C)O. The van der Waals surface area contributed by atoms with Crippen LogP contribution in [0.3, 0.4) is 0 Å². The van der Waals surface area contributed by atoms with E-state index in [0.29, 0.717) is 0 Å². The fourth-order valence-corrected chi connectivity index (χ4v) is 2.40. The standard InChI is InChI=1S/C13H11F9O2/c1-3(23)5(4(2)24)6-7(12(17,18)19)10(15)8(13(20,21)22)11(16)9(6)14/h3-5,23-24H,1-2H3. The van der Waals surface area contributed by atoms with E-state index in [4.69, 9.17) is 0 Å². The summed E-state index contributed by atoms with van der Waals surface area (Å²) in [6, 6.07) is 0. The third-order valence-electron chi connectivity index (χ3n) is 3.30. The van der Waals surface area contributed by atoms with Crippen molar-refractivity contribution in [3.8, 4) is 0 Å². The Labute approximate surface area is 129 Å². The van der Waals surface area contributed by atoms with Crippen LogP contribution in [0, 0.1) is 17.5 Å². The molecular weight excluding hydrogens is 359 g/mol. The minimum atomic E-state index is -5.93. The van der Waals surface area contributed by atoms with Crippen molar-refractivity contribution in [3.05, 3.63) is 34.1 Å². The fourth-order valence-electron chi connectivity index (χ4n) is 2.40. The molecule has 0 amide bonds. The molecule has 11 heteroatoms. The number of halogens is 9. The van der Waals surface area contributed by atoms with E-state index in [2.05, 4.69) is 0 Å². The Morgan fingerprint density at radius 2 is 1.04 bits per heavy atom. The van der Waals surface area contributed by atoms with Crippen LogP contribution in [-0.2, 0) is 12.4 Å². The summed E-state index contributed by atoms with van der Waals surface area (Å²) in [5.74, 6) is -10.8. The van der Waals surface area contributed by atoms with Crippen LogP contribution < -0.4 is 0 Å². The predicted octanol–water partition coefficient (Wildman–Crippen LogP) is 3.99. The maximum Gasteiger partial charge on any atom is 0.422 e. The first-order valence-corrected chi connectivity index (χ1v) is 6.33. The maximum atomic E-state index is 14.0. The van der Waals surface area contributed by atoms with Gasteiger partial charge in [-0.05, 0) is 13.8 Å². The molecule has 0 heterocycles. The second kappa shape index (κ2) is 6.43. The smallest absolute Gasteiger partial charge is 0.393 e. The summed E-state index contributed by atoms with van der Waals surface area (Å²) in [4.78, 5) is 0. The van der Waals surface area contributed by atoms with Gasteiger partial charge in [-0.2, -0.15) is 26.3 Å². The Bertz CT molecular complexity index is 610. The average Bonchev–Trinajstić information content (AvgIpc) is 2.31. The zero-order chi connectivity index (χ0) is 19.2. The topological polar surface area (TPSA) is 40.5 Å². The van der Waals surface area contributed by atoms with Gasteiger partial charge in [-0.15, -0.1) is 0 Å². The van der Waals surface area contributed by atoms with E-state index in [0.717, 1.165) is 13.8 Å². The van der Waals surface area contributed by atoms with Crippen LogP contribution in [0.1, 0.15) is 36.5 Å². The molecule has 0 aliphatic heterocycles. The second-order valence-corrected chi connectivity index (χ2v) is 5.11. The first-order valence-electron chi connectivity index (χ1n) is 6.33. The van der Waals surface area contributed by atoms with Gasteiger partial charge in [-0.3, -0.25) is 0 Å². The van der Waals surface area contributed by atoms with Crippen molar-refractivity contribution in [1.29, 1.82) is 0 Å². The molecule has 0 bridgehead atoms. The van der Waals surface area contributed by atoms with Crippen LogP contribution in [0.25, 0.3) is 0 Å². The fraction of sp³-hybridized carbons (Fsp3) is 0.538.